The molecule has 3 N–H and O–H groups in total. The molecule has 176 valence electrons. The summed E-state index contributed by atoms with van der Waals surface area (Å²) >= 11 is 0. The van der Waals surface area contributed by atoms with Crippen LogP contribution in [0.3, 0.4) is 0 Å². The number of carboxylic acids is 1. The van der Waals surface area contributed by atoms with Crippen molar-refractivity contribution < 1.29 is 20.1 Å². The predicted molar refractivity (Wildman–Crippen MR) is 122 cm³/mol. The Kier molecular flexibility index (Phi) is 5.87. The lowest BCUT2D eigenvalue weighted by molar-refractivity contribution is -0.204. The molecule has 4 aliphatic carbocycles. The summed E-state index contributed by atoms with van der Waals surface area (Å²) in [7, 11) is 0. The number of nitrogens with zero attached hydrogens (tertiary/aromatic N) is 1. The summed E-state index contributed by atoms with van der Waals surface area (Å²) in [4.78, 5) is 16.3. The molecule has 5 nitrogen and oxygen atoms in total. The van der Waals surface area contributed by atoms with Crippen molar-refractivity contribution >= 4 is 12.7 Å². The Morgan fingerprint density at radius 3 is 2.39 bits per heavy atom. The van der Waals surface area contributed by atoms with Crippen LogP contribution >= 0.6 is 0 Å². The lowest BCUT2D eigenvalue weighted by Crippen LogP contribution is -2.63. The first kappa shape index (κ1) is 23.2. The maximum atomic E-state index is 11.8. The van der Waals surface area contributed by atoms with Crippen molar-refractivity contribution in [3.8, 4) is 0 Å². The largest absolute Gasteiger partial charge is 0.481 e. The van der Waals surface area contributed by atoms with Crippen LogP contribution in [0.5, 0.6) is 0 Å². The molecule has 0 spiro atoms. The van der Waals surface area contributed by atoms with E-state index in [-0.39, 0.29) is 47.2 Å². The molecule has 0 amide bonds. The molecule has 0 aromatic carbocycles. The standard InChI is InChI=1S/C26H43NO4/c1-6-17-20-14-16(28)7-10-24(20,3)18-8-11-25(4)19(22(18)23(17)31)9-12-26(25,27-5)15(2)13-21(29)30/h15-20,22-23,28,31H,5-14H2,1-4H3,(H,29,30)/t15-,16-,17-,18?,19?,20?,22?,23-,24?,25?,26?/m1/s1. The van der Waals surface area contributed by atoms with E-state index in [4.69, 9.17) is 4.99 Å². The van der Waals surface area contributed by atoms with Crippen molar-refractivity contribution in [3.63, 3.8) is 0 Å². The van der Waals surface area contributed by atoms with E-state index in [0.29, 0.717) is 17.8 Å². The molecule has 0 radical (unpaired) electrons. The molecule has 4 saturated carbocycles. The van der Waals surface area contributed by atoms with Crippen LogP contribution in [0.2, 0.25) is 0 Å². The number of hydrogen-bond donors (Lipinski definition) is 3. The second-order valence-corrected chi connectivity index (χ2v) is 12.0. The van der Waals surface area contributed by atoms with Gasteiger partial charge in [-0.25, -0.2) is 0 Å². The van der Waals surface area contributed by atoms with Crippen LogP contribution in [0.15, 0.2) is 4.99 Å². The van der Waals surface area contributed by atoms with E-state index in [1.54, 1.807) is 0 Å². The fourth-order valence-corrected chi connectivity index (χ4v) is 9.67. The van der Waals surface area contributed by atoms with Crippen LogP contribution in [0, 0.1) is 46.3 Å². The van der Waals surface area contributed by atoms with E-state index in [1.165, 1.54) is 0 Å². The zero-order valence-corrected chi connectivity index (χ0v) is 19.9. The Morgan fingerprint density at radius 1 is 1.10 bits per heavy atom. The average molecular weight is 434 g/mol. The fourth-order valence-electron chi connectivity index (χ4n) is 9.67. The van der Waals surface area contributed by atoms with Gasteiger partial charge in [0.1, 0.15) is 0 Å². The topological polar surface area (TPSA) is 90.1 Å². The predicted octanol–water partition coefficient (Wildman–Crippen LogP) is 4.55. The van der Waals surface area contributed by atoms with Gasteiger partial charge < -0.3 is 15.3 Å². The molecule has 0 aromatic rings. The minimum Gasteiger partial charge on any atom is -0.481 e. The monoisotopic (exact) mass is 433 g/mol. The molecule has 11 atom stereocenters. The molecule has 7 unspecified atom stereocenters. The van der Waals surface area contributed by atoms with Crippen LogP contribution in [-0.4, -0.2) is 45.8 Å². The number of fused-ring (bicyclic) bond motifs is 5. The molecular weight excluding hydrogens is 390 g/mol. The third-order valence-corrected chi connectivity index (χ3v) is 11.2. The molecular formula is C26H43NO4. The van der Waals surface area contributed by atoms with Gasteiger partial charge >= 0.3 is 5.97 Å². The van der Waals surface area contributed by atoms with Crippen molar-refractivity contribution in [1.29, 1.82) is 0 Å². The lowest BCUT2D eigenvalue weighted by atomic mass is 9.41. The minimum atomic E-state index is -0.767. The van der Waals surface area contributed by atoms with Gasteiger partial charge in [0.2, 0.25) is 0 Å². The van der Waals surface area contributed by atoms with Crippen LogP contribution in [0.1, 0.15) is 85.5 Å². The SMILES string of the molecule is C=NC1([C@H](C)CC(=O)O)CCC2C3C(CCC21C)C1(C)CC[C@@H](O)CC1[C@@H](CC)[C@H]3O. The van der Waals surface area contributed by atoms with Crippen molar-refractivity contribution in [2.24, 2.45) is 51.3 Å². The van der Waals surface area contributed by atoms with Crippen LogP contribution < -0.4 is 0 Å². The van der Waals surface area contributed by atoms with Gasteiger partial charge in [-0.15, -0.1) is 0 Å². The lowest BCUT2D eigenvalue weighted by Gasteiger charge is -2.65. The molecule has 0 bridgehead atoms. The molecule has 0 aromatic heterocycles. The molecule has 4 fully saturated rings. The average Bonchev–Trinajstić information content (AvgIpc) is 3.02. The fraction of sp³-hybridized carbons (Fsp3) is 0.923. The number of aliphatic hydroxyl groups excluding tert-OH is 2. The molecule has 0 aliphatic heterocycles. The summed E-state index contributed by atoms with van der Waals surface area (Å²) in [5.41, 5.74) is -0.380. The first-order valence-electron chi connectivity index (χ1n) is 12.6. The second-order valence-electron chi connectivity index (χ2n) is 12.0. The first-order chi connectivity index (χ1) is 14.6. The van der Waals surface area contributed by atoms with Gasteiger partial charge in [-0.2, -0.15) is 0 Å². The summed E-state index contributed by atoms with van der Waals surface area (Å²) in [5.74, 6) is 0.836. The Hall–Kier alpha value is -0.940. The molecule has 0 saturated heterocycles. The third-order valence-electron chi connectivity index (χ3n) is 11.2. The van der Waals surface area contributed by atoms with Gasteiger partial charge in [0.25, 0.3) is 0 Å². The third kappa shape index (κ3) is 3.08. The van der Waals surface area contributed by atoms with Crippen LogP contribution in [0.25, 0.3) is 0 Å². The summed E-state index contributed by atoms with van der Waals surface area (Å²) in [6.07, 6.45) is 7.19. The normalized spacial score (nSPS) is 52.5. The van der Waals surface area contributed by atoms with Crippen molar-refractivity contribution in [1.82, 2.24) is 0 Å². The quantitative estimate of drug-likeness (QED) is 0.555. The maximum Gasteiger partial charge on any atom is 0.303 e. The van der Waals surface area contributed by atoms with Gasteiger partial charge in [0, 0.05) is 0 Å². The molecule has 0 heterocycles. The highest BCUT2D eigenvalue weighted by molar-refractivity contribution is 5.67. The zero-order valence-electron chi connectivity index (χ0n) is 19.9. The molecule has 4 rings (SSSR count). The maximum absolute atomic E-state index is 11.8. The number of rotatable bonds is 5. The van der Waals surface area contributed by atoms with E-state index in [9.17, 15) is 20.1 Å². The Balaban J connectivity index is 1.73. The van der Waals surface area contributed by atoms with Crippen molar-refractivity contribution in [2.75, 3.05) is 0 Å². The summed E-state index contributed by atoms with van der Waals surface area (Å²) in [6.45, 7) is 13.0. The first-order valence-corrected chi connectivity index (χ1v) is 12.6. The number of carboxylic acid groups (broad SMARTS) is 1. The summed E-state index contributed by atoms with van der Waals surface area (Å²) in [5, 5.41) is 31.7. The Labute approximate surface area is 187 Å². The van der Waals surface area contributed by atoms with E-state index in [2.05, 4.69) is 27.5 Å². The summed E-state index contributed by atoms with van der Waals surface area (Å²) < 4.78 is 0. The van der Waals surface area contributed by atoms with Gasteiger partial charge in [0.15, 0.2) is 0 Å². The number of aliphatic imine (C=N–C) groups is 1. The van der Waals surface area contributed by atoms with Gasteiger partial charge in [-0.3, -0.25) is 9.79 Å². The number of aliphatic hydroxyl groups is 2. The smallest absolute Gasteiger partial charge is 0.303 e. The van der Waals surface area contributed by atoms with Crippen LogP contribution in [-0.2, 0) is 4.79 Å². The second kappa shape index (κ2) is 7.83. The molecule has 4 aliphatic rings. The zero-order chi connectivity index (χ0) is 22.8. The van der Waals surface area contributed by atoms with Crippen molar-refractivity contribution in [2.45, 2.75) is 103 Å². The van der Waals surface area contributed by atoms with Gasteiger partial charge in [-0.05, 0) is 98.0 Å². The van der Waals surface area contributed by atoms with E-state index < -0.39 is 11.5 Å². The minimum absolute atomic E-state index is 0.0649. The number of carbonyl (C=O) groups is 1. The highest BCUT2D eigenvalue weighted by Crippen LogP contribution is 2.71. The van der Waals surface area contributed by atoms with E-state index in [1.807, 2.05) is 6.92 Å². The Morgan fingerprint density at radius 2 is 1.77 bits per heavy atom. The molecule has 31 heavy (non-hydrogen) atoms. The number of hydrogen-bond acceptors (Lipinski definition) is 4. The van der Waals surface area contributed by atoms with Crippen LogP contribution in [0.4, 0.5) is 0 Å². The summed E-state index contributed by atoms with van der Waals surface area (Å²) in [6, 6.07) is 0. The van der Waals surface area contributed by atoms with E-state index >= 15 is 0 Å². The van der Waals surface area contributed by atoms with Crippen molar-refractivity contribution in [3.05, 3.63) is 0 Å². The number of aliphatic carboxylic acids is 1. The van der Waals surface area contributed by atoms with Gasteiger partial charge in [-0.1, -0.05) is 34.1 Å². The van der Waals surface area contributed by atoms with E-state index in [0.717, 1.165) is 51.4 Å². The van der Waals surface area contributed by atoms with Gasteiger partial charge in [0.05, 0.1) is 24.2 Å². The highest BCUT2D eigenvalue weighted by atomic mass is 16.4. The highest BCUT2D eigenvalue weighted by Gasteiger charge is 2.68. The Bertz CT molecular complexity index is 726. The molecule has 5 heteroatoms.